The zero-order chi connectivity index (χ0) is 14.9. The van der Waals surface area contributed by atoms with E-state index in [0.29, 0.717) is 0 Å². The summed E-state index contributed by atoms with van der Waals surface area (Å²) < 4.78 is 5.51. The normalized spacial score (nSPS) is 31.6. The zero-order valence-electron chi connectivity index (χ0n) is 13.6. The Hall–Kier alpha value is -0.610. The van der Waals surface area contributed by atoms with Crippen LogP contribution in [0.15, 0.2) is 0 Å². The lowest BCUT2D eigenvalue weighted by molar-refractivity contribution is -0.124. The maximum Gasteiger partial charge on any atom is 0.223 e. The number of rotatable bonds is 4. The van der Waals surface area contributed by atoms with Crippen molar-refractivity contribution in [3.8, 4) is 0 Å². The van der Waals surface area contributed by atoms with Crippen molar-refractivity contribution < 1.29 is 9.53 Å². The molecule has 4 heteroatoms. The van der Waals surface area contributed by atoms with Crippen LogP contribution in [-0.4, -0.2) is 49.2 Å². The Balaban J connectivity index is 1.61. The molecule has 21 heavy (non-hydrogen) atoms. The maximum atomic E-state index is 12.3. The molecule has 1 saturated heterocycles. The lowest BCUT2D eigenvalue weighted by atomic mass is 9.79. The molecular weight excluding hydrogens is 264 g/mol. The Morgan fingerprint density at radius 3 is 2.38 bits per heavy atom. The fourth-order valence-electron chi connectivity index (χ4n) is 4.14. The number of nitrogens with zero attached hydrogens (tertiary/aromatic N) is 1. The van der Waals surface area contributed by atoms with Crippen LogP contribution >= 0.6 is 0 Å². The van der Waals surface area contributed by atoms with Crippen molar-refractivity contribution in [2.75, 3.05) is 32.8 Å². The van der Waals surface area contributed by atoms with Crippen LogP contribution in [0.3, 0.4) is 0 Å². The van der Waals surface area contributed by atoms with Gasteiger partial charge in [0.1, 0.15) is 0 Å². The van der Waals surface area contributed by atoms with Gasteiger partial charge in [-0.15, -0.1) is 0 Å². The molecular formula is C17H30N2O2. The molecule has 0 aromatic heterocycles. The molecule has 1 amide bonds. The highest BCUT2D eigenvalue weighted by molar-refractivity contribution is 5.82. The largest absolute Gasteiger partial charge is 0.379 e. The monoisotopic (exact) mass is 294 g/mol. The highest BCUT2D eigenvalue weighted by Gasteiger charge is 2.51. The number of morpholine rings is 1. The number of ether oxygens (including phenoxy) is 1. The summed E-state index contributed by atoms with van der Waals surface area (Å²) in [5.41, 5.74) is 0.416. The smallest absolute Gasteiger partial charge is 0.223 e. The molecule has 0 aromatic rings. The van der Waals surface area contributed by atoms with Crippen LogP contribution in [0.4, 0.5) is 0 Å². The average molecular weight is 294 g/mol. The average Bonchev–Trinajstić information content (AvgIpc) is 3.16. The lowest BCUT2D eigenvalue weighted by Gasteiger charge is -2.48. The summed E-state index contributed by atoms with van der Waals surface area (Å²) >= 11 is 0. The van der Waals surface area contributed by atoms with E-state index < -0.39 is 0 Å². The summed E-state index contributed by atoms with van der Waals surface area (Å²) in [6.45, 7) is 8.93. The summed E-state index contributed by atoms with van der Waals surface area (Å²) in [7, 11) is 0. The van der Waals surface area contributed by atoms with Crippen LogP contribution in [0.25, 0.3) is 0 Å². The van der Waals surface area contributed by atoms with Crippen molar-refractivity contribution in [2.45, 2.75) is 57.9 Å². The summed E-state index contributed by atoms with van der Waals surface area (Å²) in [5, 5.41) is 3.29. The van der Waals surface area contributed by atoms with Gasteiger partial charge in [0.05, 0.1) is 13.2 Å². The summed E-state index contributed by atoms with van der Waals surface area (Å²) in [6.07, 6.45) is 7.42. The van der Waals surface area contributed by atoms with Gasteiger partial charge < -0.3 is 10.1 Å². The van der Waals surface area contributed by atoms with Crippen molar-refractivity contribution in [2.24, 2.45) is 11.3 Å². The second kappa shape index (κ2) is 5.88. The molecule has 0 radical (unpaired) electrons. The van der Waals surface area contributed by atoms with Gasteiger partial charge in [-0.25, -0.2) is 0 Å². The van der Waals surface area contributed by atoms with Gasteiger partial charge in [0.2, 0.25) is 5.91 Å². The van der Waals surface area contributed by atoms with E-state index in [-0.39, 0.29) is 22.8 Å². The minimum absolute atomic E-state index is 0.191. The number of hydrogen-bond acceptors (Lipinski definition) is 3. The van der Waals surface area contributed by atoms with Crippen molar-refractivity contribution in [1.82, 2.24) is 10.2 Å². The third-order valence-electron chi connectivity index (χ3n) is 5.89. The molecule has 0 spiro atoms. The number of hydrogen-bond donors (Lipinski definition) is 1. The third-order valence-corrected chi connectivity index (χ3v) is 5.89. The fraction of sp³-hybridized carbons (Fsp3) is 0.941. The standard InChI is InChI=1S/C17H30N2O2/c1-16(2)12-14(16)15(20)18-13-17(6-4-3-5-7-17)19-8-10-21-11-9-19/h14H,3-13H2,1-2H3,(H,18,20)/t14-/m1/s1. The predicted molar refractivity (Wildman–Crippen MR) is 83.1 cm³/mol. The van der Waals surface area contributed by atoms with Gasteiger partial charge in [-0.2, -0.15) is 0 Å². The third kappa shape index (κ3) is 3.26. The van der Waals surface area contributed by atoms with Crippen LogP contribution in [0, 0.1) is 11.3 Å². The number of amides is 1. The molecule has 0 aromatic carbocycles. The van der Waals surface area contributed by atoms with Crippen LogP contribution in [0.2, 0.25) is 0 Å². The Morgan fingerprint density at radius 2 is 1.81 bits per heavy atom. The van der Waals surface area contributed by atoms with E-state index in [0.717, 1.165) is 39.3 Å². The van der Waals surface area contributed by atoms with E-state index in [9.17, 15) is 4.79 Å². The first kappa shape index (κ1) is 15.3. The second-order valence-electron chi connectivity index (χ2n) is 7.85. The highest BCUT2D eigenvalue weighted by atomic mass is 16.5. The van der Waals surface area contributed by atoms with Crippen molar-refractivity contribution in [3.05, 3.63) is 0 Å². The summed E-state index contributed by atoms with van der Waals surface area (Å²) in [4.78, 5) is 14.9. The SMILES string of the molecule is CC1(C)C[C@@H]1C(=O)NCC1(N2CCOCC2)CCCCC1. The summed E-state index contributed by atoms with van der Waals surface area (Å²) in [5.74, 6) is 0.515. The Kier molecular flexibility index (Phi) is 4.28. The van der Waals surface area contributed by atoms with Crippen LogP contribution < -0.4 is 5.32 Å². The first-order valence-corrected chi connectivity index (χ1v) is 8.64. The maximum absolute atomic E-state index is 12.3. The van der Waals surface area contributed by atoms with Crippen LogP contribution in [0.1, 0.15) is 52.4 Å². The predicted octanol–water partition coefficient (Wildman–Crippen LogP) is 2.18. The van der Waals surface area contributed by atoms with Crippen molar-refractivity contribution >= 4 is 5.91 Å². The molecule has 3 rings (SSSR count). The molecule has 4 nitrogen and oxygen atoms in total. The Bertz CT molecular complexity index is 382. The number of carbonyl (C=O) groups is 1. The van der Waals surface area contributed by atoms with Crippen LogP contribution in [-0.2, 0) is 9.53 Å². The highest BCUT2D eigenvalue weighted by Crippen LogP contribution is 2.51. The Labute approximate surface area is 128 Å². The summed E-state index contributed by atoms with van der Waals surface area (Å²) in [6, 6.07) is 0. The molecule has 1 heterocycles. The molecule has 2 aliphatic carbocycles. The molecule has 120 valence electrons. The number of carbonyl (C=O) groups excluding carboxylic acids is 1. The molecule has 3 aliphatic rings. The quantitative estimate of drug-likeness (QED) is 0.864. The molecule has 1 N–H and O–H groups in total. The number of nitrogens with one attached hydrogen (secondary N) is 1. The van der Waals surface area contributed by atoms with Gasteiger partial charge >= 0.3 is 0 Å². The molecule has 1 atom stereocenters. The molecule has 1 aliphatic heterocycles. The molecule has 0 bridgehead atoms. The van der Waals surface area contributed by atoms with E-state index in [4.69, 9.17) is 4.74 Å². The second-order valence-corrected chi connectivity index (χ2v) is 7.85. The van der Waals surface area contributed by atoms with E-state index in [1.807, 2.05) is 0 Å². The lowest BCUT2D eigenvalue weighted by Crippen LogP contribution is -2.59. The van der Waals surface area contributed by atoms with E-state index in [2.05, 4.69) is 24.1 Å². The Morgan fingerprint density at radius 1 is 1.19 bits per heavy atom. The van der Waals surface area contributed by atoms with E-state index >= 15 is 0 Å². The van der Waals surface area contributed by atoms with E-state index in [1.54, 1.807) is 0 Å². The zero-order valence-corrected chi connectivity index (χ0v) is 13.6. The topological polar surface area (TPSA) is 41.6 Å². The minimum atomic E-state index is 0.191. The van der Waals surface area contributed by atoms with Gasteiger partial charge in [-0.3, -0.25) is 9.69 Å². The van der Waals surface area contributed by atoms with Crippen molar-refractivity contribution in [3.63, 3.8) is 0 Å². The van der Waals surface area contributed by atoms with Gasteiger partial charge in [0.15, 0.2) is 0 Å². The minimum Gasteiger partial charge on any atom is -0.379 e. The first-order chi connectivity index (χ1) is 10.0. The van der Waals surface area contributed by atoms with Crippen LogP contribution in [0.5, 0.6) is 0 Å². The van der Waals surface area contributed by atoms with Gasteiger partial charge in [0.25, 0.3) is 0 Å². The van der Waals surface area contributed by atoms with Gasteiger partial charge in [-0.05, 0) is 24.7 Å². The molecule has 3 fully saturated rings. The molecule has 0 unspecified atom stereocenters. The molecule has 2 saturated carbocycles. The van der Waals surface area contributed by atoms with Gasteiger partial charge in [0, 0.05) is 31.1 Å². The first-order valence-electron chi connectivity index (χ1n) is 8.64. The van der Waals surface area contributed by atoms with Gasteiger partial charge in [-0.1, -0.05) is 33.1 Å². The van der Waals surface area contributed by atoms with Crippen molar-refractivity contribution in [1.29, 1.82) is 0 Å². The van der Waals surface area contributed by atoms with E-state index in [1.165, 1.54) is 32.1 Å². The fourth-order valence-corrected chi connectivity index (χ4v) is 4.14.